The Hall–Kier alpha value is -1.12. The van der Waals surface area contributed by atoms with Crippen molar-refractivity contribution >= 4 is 25.5 Å². The average molecular weight is 318 g/mol. The fourth-order valence-electron chi connectivity index (χ4n) is 2.26. The van der Waals surface area contributed by atoms with Gasteiger partial charge in [-0.15, -0.1) is 0 Å². The number of aryl methyl sites for hydroxylation is 1. The Morgan fingerprint density at radius 1 is 1.20 bits per heavy atom. The van der Waals surface area contributed by atoms with Crippen molar-refractivity contribution in [1.29, 1.82) is 0 Å². The normalized spacial score (nSPS) is 20.4. The van der Waals surface area contributed by atoms with E-state index in [1.54, 1.807) is 13.0 Å². The van der Waals surface area contributed by atoms with Gasteiger partial charge in [-0.3, -0.25) is 0 Å². The Balaban J connectivity index is 2.35. The standard InChI is InChI=1S/C12H18N2O4S2/c1-10-9-11(13)3-4-12(10)20(17,18)14-5-2-7-19(15,16)8-6-14/h3-4,9H,2,5-8,13H2,1H3. The predicted molar refractivity (Wildman–Crippen MR) is 77.6 cm³/mol. The molecule has 8 heteroatoms. The maximum Gasteiger partial charge on any atom is 0.243 e. The molecule has 0 aromatic heterocycles. The van der Waals surface area contributed by atoms with Gasteiger partial charge in [-0.2, -0.15) is 4.31 Å². The summed E-state index contributed by atoms with van der Waals surface area (Å²) in [6, 6.07) is 4.61. The smallest absolute Gasteiger partial charge is 0.243 e. The van der Waals surface area contributed by atoms with Gasteiger partial charge in [0.2, 0.25) is 10.0 Å². The molecule has 0 aliphatic carbocycles. The second kappa shape index (κ2) is 5.34. The zero-order valence-corrected chi connectivity index (χ0v) is 12.9. The third-order valence-electron chi connectivity index (χ3n) is 3.33. The summed E-state index contributed by atoms with van der Waals surface area (Å²) in [5, 5.41) is 0. The molecule has 2 rings (SSSR count). The highest BCUT2D eigenvalue weighted by Gasteiger charge is 2.29. The third kappa shape index (κ3) is 3.13. The van der Waals surface area contributed by atoms with Crippen LogP contribution in [-0.2, 0) is 19.9 Å². The number of sulfone groups is 1. The summed E-state index contributed by atoms with van der Waals surface area (Å²) < 4.78 is 49.5. The van der Waals surface area contributed by atoms with Crippen molar-refractivity contribution in [2.24, 2.45) is 0 Å². The Kier molecular flexibility index (Phi) is 4.08. The largest absolute Gasteiger partial charge is 0.399 e. The second-order valence-electron chi connectivity index (χ2n) is 4.93. The molecule has 2 N–H and O–H groups in total. The van der Waals surface area contributed by atoms with Gasteiger partial charge in [0.05, 0.1) is 16.4 Å². The van der Waals surface area contributed by atoms with E-state index in [4.69, 9.17) is 5.73 Å². The van der Waals surface area contributed by atoms with E-state index in [9.17, 15) is 16.8 Å². The molecule has 1 aromatic carbocycles. The molecular formula is C12H18N2O4S2. The molecule has 1 heterocycles. The zero-order chi connectivity index (χ0) is 15.0. The number of nitrogens with zero attached hydrogens (tertiary/aromatic N) is 1. The topological polar surface area (TPSA) is 97.5 Å². The van der Waals surface area contributed by atoms with Crippen LogP contribution in [0.1, 0.15) is 12.0 Å². The lowest BCUT2D eigenvalue weighted by molar-refractivity contribution is 0.434. The summed E-state index contributed by atoms with van der Waals surface area (Å²) in [6.45, 7) is 1.91. The van der Waals surface area contributed by atoms with Crippen LogP contribution < -0.4 is 5.73 Å². The molecule has 1 aromatic rings. The summed E-state index contributed by atoms with van der Waals surface area (Å²) >= 11 is 0. The molecule has 0 saturated carbocycles. The number of nitrogens with two attached hydrogens (primary N) is 1. The van der Waals surface area contributed by atoms with Gasteiger partial charge >= 0.3 is 0 Å². The van der Waals surface area contributed by atoms with Crippen LogP contribution in [0.25, 0.3) is 0 Å². The summed E-state index contributed by atoms with van der Waals surface area (Å²) in [6.07, 6.45) is 0.329. The summed E-state index contributed by atoms with van der Waals surface area (Å²) in [5.41, 5.74) is 6.69. The van der Waals surface area contributed by atoms with Gasteiger partial charge < -0.3 is 5.73 Å². The fourth-order valence-corrected chi connectivity index (χ4v) is 5.33. The van der Waals surface area contributed by atoms with Crippen molar-refractivity contribution in [2.75, 3.05) is 30.3 Å². The number of rotatable bonds is 2. The second-order valence-corrected chi connectivity index (χ2v) is 9.14. The van der Waals surface area contributed by atoms with Crippen molar-refractivity contribution < 1.29 is 16.8 Å². The Morgan fingerprint density at radius 3 is 2.55 bits per heavy atom. The molecule has 1 aliphatic rings. The number of sulfonamides is 1. The minimum atomic E-state index is -3.67. The fraction of sp³-hybridized carbons (Fsp3) is 0.500. The molecule has 20 heavy (non-hydrogen) atoms. The minimum Gasteiger partial charge on any atom is -0.399 e. The number of anilines is 1. The van der Waals surface area contributed by atoms with E-state index >= 15 is 0 Å². The van der Waals surface area contributed by atoms with E-state index in [1.165, 1.54) is 16.4 Å². The quantitative estimate of drug-likeness (QED) is 0.795. The Morgan fingerprint density at radius 2 is 1.90 bits per heavy atom. The minimum absolute atomic E-state index is 0.00842. The van der Waals surface area contributed by atoms with Gasteiger partial charge in [-0.05, 0) is 37.1 Å². The summed E-state index contributed by atoms with van der Waals surface area (Å²) in [4.78, 5) is 0.186. The number of hydrogen-bond donors (Lipinski definition) is 1. The van der Waals surface area contributed by atoms with Crippen molar-refractivity contribution in [3.05, 3.63) is 23.8 Å². The first-order valence-electron chi connectivity index (χ1n) is 6.29. The van der Waals surface area contributed by atoms with E-state index in [1.807, 2.05) is 0 Å². The van der Waals surface area contributed by atoms with E-state index in [-0.39, 0.29) is 29.5 Å². The van der Waals surface area contributed by atoms with Gasteiger partial charge in [0, 0.05) is 18.8 Å². The highest BCUT2D eigenvalue weighted by molar-refractivity contribution is 7.91. The molecule has 0 spiro atoms. The lowest BCUT2D eigenvalue weighted by Crippen LogP contribution is -2.34. The molecule has 112 valence electrons. The molecule has 0 unspecified atom stereocenters. The van der Waals surface area contributed by atoms with E-state index in [2.05, 4.69) is 0 Å². The SMILES string of the molecule is Cc1cc(N)ccc1S(=O)(=O)N1CCCS(=O)(=O)CC1. The van der Waals surface area contributed by atoms with Gasteiger partial charge in [0.1, 0.15) is 0 Å². The Bertz CT molecular complexity index is 711. The first kappa shape index (κ1) is 15.3. The highest BCUT2D eigenvalue weighted by atomic mass is 32.2. The summed E-state index contributed by atoms with van der Waals surface area (Å²) in [5.74, 6) is -0.0833. The van der Waals surface area contributed by atoms with Crippen LogP contribution in [0, 0.1) is 6.92 Å². The van der Waals surface area contributed by atoms with Gasteiger partial charge in [-0.25, -0.2) is 16.8 Å². The molecule has 0 bridgehead atoms. The van der Waals surface area contributed by atoms with E-state index in [0.717, 1.165) is 0 Å². The summed E-state index contributed by atoms with van der Waals surface area (Å²) in [7, 11) is -6.81. The first-order chi connectivity index (χ1) is 9.22. The van der Waals surface area contributed by atoms with E-state index < -0.39 is 19.9 Å². The number of benzene rings is 1. The first-order valence-corrected chi connectivity index (χ1v) is 9.55. The molecule has 1 fully saturated rings. The van der Waals surface area contributed by atoms with Crippen LogP contribution in [-0.4, -0.2) is 45.7 Å². The molecular weight excluding hydrogens is 300 g/mol. The van der Waals surface area contributed by atoms with E-state index in [0.29, 0.717) is 17.7 Å². The van der Waals surface area contributed by atoms with Crippen molar-refractivity contribution in [1.82, 2.24) is 4.31 Å². The van der Waals surface area contributed by atoms with Crippen LogP contribution in [0.4, 0.5) is 5.69 Å². The van der Waals surface area contributed by atoms with Crippen LogP contribution in [0.2, 0.25) is 0 Å². The van der Waals surface area contributed by atoms with Crippen LogP contribution in [0.15, 0.2) is 23.1 Å². The molecule has 1 aliphatic heterocycles. The molecule has 6 nitrogen and oxygen atoms in total. The van der Waals surface area contributed by atoms with Crippen LogP contribution in [0.5, 0.6) is 0 Å². The van der Waals surface area contributed by atoms with Gasteiger partial charge in [0.15, 0.2) is 9.84 Å². The lowest BCUT2D eigenvalue weighted by atomic mass is 10.2. The lowest BCUT2D eigenvalue weighted by Gasteiger charge is -2.20. The maximum atomic E-state index is 12.6. The molecule has 0 atom stereocenters. The third-order valence-corrected chi connectivity index (χ3v) is 7.11. The maximum absolute atomic E-state index is 12.6. The van der Waals surface area contributed by atoms with Crippen LogP contribution in [0.3, 0.4) is 0 Å². The van der Waals surface area contributed by atoms with Gasteiger partial charge in [0.25, 0.3) is 0 Å². The predicted octanol–water partition coefficient (Wildman–Crippen LogP) is 0.386. The average Bonchev–Trinajstić information content (AvgIpc) is 2.50. The van der Waals surface area contributed by atoms with Crippen molar-refractivity contribution in [2.45, 2.75) is 18.2 Å². The molecule has 0 radical (unpaired) electrons. The van der Waals surface area contributed by atoms with Crippen molar-refractivity contribution in [3.8, 4) is 0 Å². The highest BCUT2D eigenvalue weighted by Crippen LogP contribution is 2.23. The molecule has 1 saturated heterocycles. The number of nitrogen functional groups attached to an aromatic ring is 1. The van der Waals surface area contributed by atoms with Crippen molar-refractivity contribution in [3.63, 3.8) is 0 Å². The Labute approximate surface area is 119 Å². The monoisotopic (exact) mass is 318 g/mol. The van der Waals surface area contributed by atoms with Gasteiger partial charge in [-0.1, -0.05) is 0 Å². The van der Waals surface area contributed by atoms with Crippen LogP contribution >= 0.6 is 0 Å². The zero-order valence-electron chi connectivity index (χ0n) is 11.2. The molecule has 0 amide bonds. The number of hydrogen-bond acceptors (Lipinski definition) is 5.